The maximum Gasteiger partial charge on any atom is 0.313 e. The highest BCUT2D eigenvalue weighted by Crippen LogP contribution is 2.37. The number of nitrogens with zero attached hydrogens (tertiary/aromatic N) is 3. The van der Waals surface area contributed by atoms with Gasteiger partial charge < -0.3 is 4.74 Å². The van der Waals surface area contributed by atoms with Crippen molar-refractivity contribution in [2.75, 3.05) is 0 Å². The SMILES string of the molecule is Cc1cc(C#N)cc(Oc2c(Cl)cccc2[N+](=O)[O-])n1. The van der Waals surface area contributed by atoms with Crippen LogP contribution in [0.25, 0.3) is 0 Å². The third-order valence-electron chi connectivity index (χ3n) is 2.41. The molecule has 2 rings (SSSR count). The summed E-state index contributed by atoms with van der Waals surface area (Å²) in [4.78, 5) is 14.4. The van der Waals surface area contributed by atoms with Crippen molar-refractivity contribution in [2.24, 2.45) is 0 Å². The quantitative estimate of drug-likeness (QED) is 0.636. The maximum absolute atomic E-state index is 10.9. The number of nitriles is 1. The first-order valence-corrected chi connectivity index (χ1v) is 5.88. The first-order valence-electron chi connectivity index (χ1n) is 5.51. The van der Waals surface area contributed by atoms with Crippen molar-refractivity contribution in [1.29, 1.82) is 5.26 Å². The molecule has 0 unspecified atom stereocenters. The number of pyridine rings is 1. The molecule has 2 aromatic rings. The monoisotopic (exact) mass is 289 g/mol. The normalized spacial score (nSPS) is 9.85. The summed E-state index contributed by atoms with van der Waals surface area (Å²) >= 11 is 5.91. The van der Waals surface area contributed by atoms with Crippen LogP contribution in [0, 0.1) is 28.4 Å². The van der Waals surface area contributed by atoms with Crippen LogP contribution in [0.1, 0.15) is 11.3 Å². The van der Waals surface area contributed by atoms with E-state index in [1.165, 1.54) is 24.3 Å². The summed E-state index contributed by atoms with van der Waals surface area (Å²) in [7, 11) is 0. The third kappa shape index (κ3) is 2.84. The van der Waals surface area contributed by atoms with Gasteiger partial charge >= 0.3 is 5.69 Å². The van der Waals surface area contributed by atoms with Crippen molar-refractivity contribution in [2.45, 2.75) is 6.92 Å². The third-order valence-corrected chi connectivity index (χ3v) is 2.71. The Bertz CT molecular complexity index is 725. The molecule has 6 nitrogen and oxygen atoms in total. The van der Waals surface area contributed by atoms with Crippen molar-refractivity contribution >= 4 is 17.3 Å². The molecule has 1 aromatic carbocycles. The van der Waals surface area contributed by atoms with E-state index in [-0.39, 0.29) is 22.3 Å². The van der Waals surface area contributed by atoms with Gasteiger partial charge in [-0.3, -0.25) is 10.1 Å². The van der Waals surface area contributed by atoms with Gasteiger partial charge in [-0.25, -0.2) is 4.98 Å². The molecule has 7 heteroatoms. The first kappa shape index (κ1) is 13.8. The van der Waals surface area contributed by atoms with Gasteiger partial charge in [0.2, 0.25) is 11.6 Å². The van der Waals surface area contributed by atoms with Gasteiger partial charge in [-0.2, -0.15) is 5.26 Å². The van der Waals surface area contributed by atoms with Crippen molar-refractivity contribution in [3.8, 4) is 17.7 Å². The zero-order chi connectivity index (χ0) is 14.7. The van der Waals surface area contributed by atoms with Crippen LogP contribution in [-0.2, 0) is 0 Å². The number of para-hydroxylation sites is 1. The summed E-state index contributed by atoms with van der Waals surface area (Å²) in [5.41, 5.74) is 0.648. The van der Waals surface area contributed by atoms with Crippen molar-refractivity contribution in [3.05, 3.63) is 56.7 Å². The molecule has 100 valence electrons. The lowest BCUT2D eigenvalue weighted by Crippen LogP contribution is -1.96. The molecule has 0 saturated heterocycles. The second kappa shape index (κ2) is 5.55. The fraction of sp³-hybridized carbons (Fsp3) is 0.0769. The molecular formula is C13H8ClN3O3. The Hall–Kier alpha value is -2.65. The fourth-order valence-electron chi connectivity index (χ4n) is 1.60. The van der Waals surface area contributed by atoms with Crippen LogP contribution in [0.15, 0.2) is 30.3 Å². The highest BCUT2D eigenvalue weighted by molar-refractivity contribution is 6.32. The zero-order valence-corrected chi connectivity index (χ0v) is 11.1. The number of nitro benzene ring substituents is 1. The molecular weight excluding hydrogens is 282 g/mol. The largest absolute Gasteiger partial charge is 0.430 e. The van der Waals surface area contributed by atoms with Crippen molar-refractivity contribution in [1.82, 2.24) is 4.98 Å². The van der Waals surface area contributed by atoms with Gasteiger partial charge in [0.15, 0.2) is 0 Å². The number of halogens is 1. The van der Waals surface area contributed by atoms with Crippen LogP contribution in [0.3, 0.4) is 0 Å². The molecule has 0 saturated carbocycles. The lowest BCUT2D eigenvalue weighted by Gasteiger charge is -2.08. The van der Waals surface area contributed by atoms with Gasteiger partial charge in [0.05, 0.1) is 21.6 Å². The van der Waals surface area contributed by atoms with E-state index in [9.17, 15) is 10.1 Å². The van der Waals surface area contributed by atoms with Gasteiger partial charge in [0.1, 0.15) is 0 Å². The highest BCUT2D eigenvalue weighted by atomic mass is 35.5. The zero-order valence-electron chi connectivity index (χ0n) is 10.3. The average molecular weight is 290 g/mol. The molecule has 20 heavy (non-hydrogen) atoms. The number of aryl methyl sites for hydroxylation is 1. The van der Waals surface area contributed by atoms with Crippen LogP contribution in [-0.4, -0.2) is 9.91 Å². The summed E-state index contributed by atoms with van der Waals surface area (Å²) in [6.07, 6.45) is 0. The van der Waals surface area contributed by atoms with Gasteiger partial charge in [0.25, 0.3) is 0 Å². The molecule has 1 aromatic heterocycles. The number of hydrogen-bond donors (Lipinski definition) is 0. The number of aromatic nitrogens is 1. The molecule has 0 atom stereocenters. The minimum Gasteiger partial charge on any atom is -0.430 e. The predicted octanol–water partition coefficient (Wildman–Crippen LogP) is 3.62. The number of hydrogen-bond acceptors (Lipinski definition) is 5. The standard InChI is InChI=1S/C13H8ClN3O3/c1-8-5-9(7-15)6-12(16-8)20-13-10(14)3-2-4-11(13)17(18)19/h2-6H,1H3. The summed E-state index contributed by atoms with van der Waals surface area (Å²) < 4.78 is 5.39. The van der Waals surface area contributed by atoms with Crippen LogP contribution in [0.5, 0.6) is 11.6 Å². The minimum atomic E-state index is -0.595. The number of nitro groups is 1. The second-order valence-corrected chi connectivity index (χ2v) is 4.30. The van der Waals surface area contributed by atoms with Gasteiger partial charge in [0, 0.05) is 17.8 Å². The first-order chi connectivity index (χ1) is 9.51. The number of ether oxygens (including phenoxy) is 1. The smallest absolute Gasteiger partial charge is 0.313 e. The van der Waals surface area contributed by atoms with E-state index >= 15 is 0 Å². The predicted molar refractivity (Wildman–Crippen MR) is 71.9 cm³/mol. The van der Waals surface area contributed by atoms with E-state index in [2.05, 4.69) is 4.98 Å². The fourth-order valence-corrected chi connectivity index (χ4v) is 1.81. The average Bonchev–Trinajstić information content (AvgIpc) is 2.40. The van der Waals surface area contributed by atoms with Crippen LogP contribution >= 0.6 is 11.6 Å². The van der Waals surface area contributed by atoms with E-state index in [4.69, 9.17) is 21.6 Å². The van der Waals surface area contributed by atoms with E-state index < -0.39 is 4.92 Å². The van der Waals surface area contributed by atoms with Gasteiger partial charge in [-0.05, 0) is 19.1 Å². The number of benzene rings is 1. The molecule has 0 N–H and O–H groups in total. The topological polar surface area (TPSA) is 89.0 Å². The van der Waals surface area contributed by atoms with Crippen LogP contribution in [0.4, 0.5) is 5.69 Å². The van der Waals surface area contributed by atoms with E-state index in [1.54, 1.807) is 13.0 Å². The Morgan fingerprint density at radius 3 is 2.85 bits per heavy atom. The van der Waals surface area contributed by atoms with E-state index in [0.29, 0.717) is 11.3 Å². The Morgan fingerprint density at radius 1 is 1.45 bits per heavy atom. The second-order valence-electron chi connectivity index (χ2n) is 3.89. The van der Waals surface area contributed by atoms with Gasteiger partial charge in [-0.15, -0.1) is 0 Å². The lowest BCUT2D eigenvalue weighted by atomic mass is 10.2. The molecule has 1 heterocycles. The number of rotatable bonds is 3. The summed E-state index contributed by atoms with van der Waals surface area (Å²) in [5.74, 6) is -0.0149. The van der Waals surface area contributed by atoms with Gasteiger partial charge in [-0.1, -0.05) is 17.7 Å². The Kier molecular flexibility index (Phi) is 3.82. The Labute approximate surface area is 119 Å². The molecule has 0 radical (unpaired) electrons. The summed E-state index contributed by atoms with van der Waals surface area (Å²) in [5, 5.41) is 19.9. The lowest BCUT2D eigenvalue weighted by molar-refractivity contribution is -0.385. The van der Waals surface area contributed by atoms with Crippen LogP contribution in [0.2, 0.25) is 5.02 Å². The van der Waals surface area contributed by atoms with Crippen LogP contribution < -0.4 is 4.74 Å². The van der Waals surface area contributed by atoms with Crippen molar-refractivity contribution < 1.29 is 9.66 Å². The molecule has 0 aliphatic heterocycles. The summed E-state index contributed by atoms with van der Waals surface area (Å²) in [6, 6.07) is 9.14. The minimum absolute atomic E-state index is 0.0813. The maximum atomic E-state index is 10.9. The molecule has 0 spiro atoms. The van der Waals surface area contributed by atoms with E-state index in [1.807, 2.05) is 6.07 Å². The molecule has 0 bridgehead atoms. The Balaban J connectivity index is 2.48. The van der Waals surface area contributed by atoms with Crippen molar-refractivity contribution in [3.63, 3.8) is 0 Å². The summed E-state index contributed by atoms with van der Waals surface area (Å²) in [6.45, 7) is 1.69. The molecule has 0 aliphatic carbocycles. The molecule has 0 aliphatic rings. The highest BCUT2D eigenvalue weighted by Gasteiger charge is 2.19. The Morgan fingerprint density at radius 2 is 2.20 bits per heavy atom. The molecule has 0 amide bonds. The molecule has 0 fully saturated rings. The van der Waals surface area contributed by atoms with E-state index in [0.717, 1.165) is 0 Å².